The number of allylic oxidation sites excluding steroid dienone is 1. The second-order valence-electron chi connectivity index (χ2n) is 7.85. The molecule has 6 nitrogen and oxygen atoms in total. The molecular weight excluding hydrogens is 464 g/mol. The van der Waals surface area contributed by atoms with Crippen LogP contribution in [0.3, 0.4) is 0 Å². The van der Waals surface area contributed by atoms with Crippen LogP contribution in [0.2, 0.25) is 5.02 Å². The van der Waals surface area contributed by atoms with E-state index in [0.717, 1.165) is 28.7 Å². The number of rotatable bonds is 12. The van der Waals surface area contributed by atoms with Gasteiger partial charge in [-0.05, 0) is 73.2 Å². The van der Waals surface area contributed by atoms with E-state index in [1.165, 1.54) is 0 Å². The van der Waals surface area contributed by atoms with Crippen LogP contribution in [-0.4, -0.2) is 39.2 Å². The van der Waals surface area contributed by atoms with Gasteiger partial charge in [-0.25, -0.2) is 4.99 Å². The van der Waals surface area contributed by atoms with Crippen LogP contribution in [0.1, 0.15) is 43.4 Å². The predicted octanol–water partition coefficient (Wildman–Crippen LogP) is 6.16. The molecule has 0 saturated carbocycles. The molecule has 1 N–H and O–H groups in total. The second-order valence-corrected chi connectivity index (χ2v) is 8.29. The summed E-state index contributed by atoms with van der Waals surface area (Å²) in [7, 11) is 3.17. The Kier molecular flexibility index (Phi) is 11.4. The molecule has 0 saturated heterocycles. The van der Waals surface area contributed by atoms with Crippen molar-refractivity contribution in [3.63, 3.8) is 0 Å². The summed E-state index contributed by atoms with van der Waals surface area (Å²) in [5.41, 5.74) is 4.39. The van der Waals surface area contributed by atoms with Gasteiger partial charge in [0.05, 0.1) is 20.8 Å². The molecular formula is C28H35ClN2O4. The van der Waals surface area contributed by atoms with Gasteiger partial charge in [0.15, 0.2) is 17.4 Å². The molecule has 35 heavy (non-hydrogen) atoms. The fraction of sp³-hybridized carbons (Fsp3) is 0.357. The topological polar surface area (TPSA) is 69.1 Å². The minimum absolute atomic E-state index is 0.0916. The number of nitrogens with one attached hydrogen (secondary N) is 1. The minimum Gasteiger partial charge on any atom is -0.493 e. The van der Waals surface area contributed by atoms with Crippen molar-refractivity contribution in [3.8, 4) is 11.5 Å². The van der Waals surface area contributed by atoms with E-state index in [9.17, 15) is 4.79 Å². The van der Waals surface area contributed by atoms with Crippen LogP contribution in [-0.2, 0) is 16.0 Å². The molecule has 2 aromatic rings. The maximum atomic E-state index is 12.7. The van der Waals surface area contributed by atoms with Crippen LogP contribution in [0.5, 0.6) is 11.5 Å². The predicted molar refractivity (Wildman–Crippen MR) is 144 cm³/mol. The molecule has 0 atom stereocenters. The Bertz CT molecular complexity index is 1090. The lowest BCUT2D eigenvalue weighted by molar-refractivity contribution is -0.117. The number of carbonyl (C=O) groups excluding carboxylic acids is 1. The molecule has 0 fully saturated rings. The van der Waals surface area contributed by atoms with Gasteiger partial charge in [-0.1, -0.05) is 43.3 Å². The highest BCUT2D eigenvalue weighted by Gasteiger charge is 2.12. The summed E-state index contributed by atoms with van der Waals surface area (Å²) < 4.78 is 16.3. The smallest absolute Gasteiger partial charge is 0.269 e. The van der Waals surface area contributed by atoms with E-state index in [1.807, 2.05) is 43.3 Å². The van der Waals surface area contributed by atoms with Crippen molar-refractivity contribution in [2.75, 3.05) is 27.4 Å². The monoisotopic (exact) mass is 498 g/mol. The standard InChI is InChI=1S/C28H35ClN2O4/c1-7-9-22(24-18-23(29)12-10-19(24)3)14-15-30-28(32)20(4)31-27(35-8-2)17-21-11-13-25(33-5)26(16-21)34-6/h9-13,16,18H,4,7-8,14-15,17H2,1-3,5-6H3,(H,30,32)/b22-9-,31-27?. The van der Waals surface area contributed by atoms with Crippen LogP contribution in [0.15, 0.2) is 59.7 Å². The van der Waals surface area contributed by atoms with E-state index in [-0.39, 0.29) is 11.6 Å². The number of methoxy groups -OCH3 is 2. The van der Waals surface area contributed by atoms with Crippen molar-refractivity contribution < 1.29 is 19.0 Å². The number of aryl methyl sites for hydroxylation is 1. The molecule has 0 radical (unpaired) electrons. The van der Waals surface area contributed by atoms with Crippen LogP contribution < -0.4 is 14.8 Å². The van der Waals surface area contributed by atoms with Crippen molar-refractivity contribution >= 4 is 29.0 Å². The third-order valence-electron chi connectivity index (χ3n) is 5.31. The summed E-state index contributed by atoms with van der Waals surface area (Å²) in [5.74, 6) is 1.32. The van der Waals surface area contributed by atoms with Gasteiger partial charge in [0, 0.05) is 18.0 Å². The number of ether oxygens (including phenoxy) is 3. The van der Waals surface area contributed by atoms with Gasteiger partial charge in [-0.2, -0.15) is 0 Å². The Labute approximate surface area is 213 Å². The average Bonchev–Trinajstić information content (AvgIpc) is 2.84. The van der Waals surface area contributed by atoms with Gasteiger partial charge in [-0.3, -0.25) is 4.79 Å². The number of amides is 1. The number of nitrogens with zero attached hydrogens (tertiary/aromatic N) is 1. The third kappa shape index (κ3) is 8.48. The van der Waals surface area contributed by atoms with Gasteiger partial charge < -0.3 is 19.5 Å². The summed E-state index contributed by atoms with van der Waals surface area (Å²) in [4.78, 5) is 17.0. The lowest BCUT2D eigenvalue weighted by Crippen LogP contribution is -2.26. The summed E-state index contributed by atoms with van der Waals surface area (Å²) in [6.07, 6.45) is 4.11. The van der Waals surface area contributed by atoms with Gasteiger partial charge in [0.25, 0.3) is 5.91 Å². The van der Waals surface area contributed by atoms with Crippen molar-refractivity contribution in [2.24, 2.45) is 4.99 Å². The Balaban J connectivity index is 2.05. The normalized spacial score (nSPS) is 11.7. The molecule has 0 aliphatic heterocycles. The Morgan fingerprint density at radius 3 is 2.51 bits per heavy atom. The highest BCUT2D eigenvalue weighted by molar-refractivity contribution is 6.30. The molecule has 0 heterocycles. The fourth-order valence-corrected chi connectivity index (χ4v) is 3.77. The van der Waals surface area contributed by atoms with Crippen LogP contribution in [0.4, 0.5) is 0 Å². The average molecular weight is 499 g/mol. The van der Waals surface area contributed by atoms with Crippen molar-refractivity contribution in [1.29, 1.82) is 0 Å². The van der Waals surface area contributed by atoms with E-state index in [1.54, 1.807) is 14.2 Å². The molecule has 0 bridgehead atoms. The number of benzene rings is 2. The van der Waals surface area contributed by atoms with E-state index < -0.39 is 0 Å². The third-order valence-corrected chi connectivity index (χ3v) is 5.55. The number of halogens is 1. The summed E-state index contributed by atoms with van der Waals surface area (Å²) in [6.45, 7) is 10.7. The molecule has 0 aromatic heterocycles. The SMILES string of the molecule is C=C(N=C(Cc1ccc(OC)c(OC)c1)OCC)C(=O)NCC/C(=C/CC)c1cc(Cl)ccc1C. The first kappa shape index (κ1) is 28.0. The number of carbonyl (C=O) groups is 1. The lowest BCUT2D eigenvalue weighted by Gasteiger charge is -2.13. The minimum atomic E-state index is -0.340. The van der Waals surface area contributed by atoms with Gasteiger partial charge in [0.1, 0.15) is 5.70 Å². The largest absolute Gasteiger partial charge is 0.493 e. The molecule has 2 rings (SSSR count). The zero-order valence-corrected chi connectivity index (χ0v) is 22.0. The van der Waals surface area contributed by atoms with Crippen LogP contribution in [0, 0.1) is 6.92 Å². The first-order valence-electron chi connectivity index (χ1n) is 11.7. The van der Waals surface area contributed by atoms with Crippen LogP contribution >= 0.6 is 11.6 Å². The zero-order chi connectivity index (χ0) is 25.8. The number of hydrogen-bond acceptors (Lipinski definition) is 5. The Morgan fingerprint density at radius 1 is 1.11 bits per heavy atom. The highest BCUT2D eigenvalue weighted by atomic mass is 35.5. The Morgan fingerprint density at radius 2 is 1.86 bits per heavy atom. The maximum Gasteiger partial charge on any atom is 0.269 e. The number of hydrogen-bond donors (Lipinski definition) is 1. The van der Waals surface area contributed by atoms with E-state index >= 15 is 0 Å². The molecule has 188 valence electrons. The maximum absolute atomic E-state index is 12.7. The van der Waals surface area contributed by atoms with Gasteiger partial charge in [-0.15, -0.1) is 0 Å². The zero-order valence-electron chi connectivity index (χ0n) is 21.2. The summed E-state index contributed by atoms with van der Waals surface area (Å²) >= 11 is 6.20. The van der Waals surface area contributed by atoms with Gasteiger partial charge in [0.2, 0.25) is 0 Å². The molecule has 1 amide bonds. The highest BCUT2D eigenvalue weighted by Crippen LogP contribution is 2.28. The molecule has 0 spiro atoms. The molecule has 2 aromatic carbocycles. The van der Waals surface area contributed by atoms with E-state index in [2.05, 4.69) is 36.8 Å². The first-order valence-corrected chi connectivity index (χ1v) is 12.0. The molecule has 0 aliphatic carbocycles. The first-order chi connectivity index (χ1) is 16.8. The molecule has 0 aliphatic rings. The fourth-order valence-electron chi connectivity index (χ4n) is 3.60. The Hall–Kier alpha value is -3.25. The lowest BCUT2D eigenvalue weighted by atomic mass is 9.97. The van der Waals surface area contributed by atoms with Crippen molar-refractivity contribution in [2.45, 2.75) is 40.0 Å². The van der Waals surface area contributed by atoms with E-state index in [0.29, 0.717) is 48.4 Å². The quantitative estimate of drug-likeness (QED) is 0.216. The summed E-state index contributed by atoms with van der Waals surface area (Å²) in [6, 6.07) is 11.4. The van der Waals surface area contributed by atoms with E-state index in [4.69, 9.17) is 25.8 Å². The van der Waals surface area contributed by atoms with Crippen molar-refractivity contribution in [1.82, 2.24) is 5.32 Å². The molecule has 7 heteroatoms. The van der Waals surface area contributed by atoms with Gasteiger partial charge >= 0.3 is 0 Å². The summed E-state index contributed by atoms with van der Waals surface area (Å²) in [5, 5.41) is 3.60. The van der Waals surface area contributed by atoms with Crippen LogP contribution in [0.25, 0.3) is 5.57 Å². The number of aliphatic imine (C=N–C) groups is 1. The second kappa shape index (κ2) is 14.2. The van der Waals surface area contributed by atoms with Crippen molar-refractivity contribution in [3.05, 3.63) is 76.5 Å². The molecule has 0 unspecified atom stereocenters.